The second-order valence-electron chi connectivity index (χ2n) is 9.10. The lowest BCUT2D eigenvalue weighted by molar-refractivity contribution is 0.570. The Morgan fingerprint density at radius 3 is 1.96 bits per heavy atom. The second kappa shape index (κ2) is 6.76. The summed E-state index contributed by atoms with van der Waals surface area (Å²) in [6, 6.07) is 27.2. The van der Waals surface area contributed by atoms with Crippen molar-refractivity contribution in [2.45, 2.75) is 52.4 Å². The van der Waals surface area contributed by atoms with Crippen LogP contribution in [-0.2, 0) is 10.8 Å². The summed E-state index contributed by atoms with van der Waals surface area (Å²) in [5.41, 5.74) is 8.07. The van der Waals surface area contributed by atoms with Crippen LogP contribution in [0.25, 0.3) is 22.3 Å². The second-order valence-corrected chi connectivity index (χ2v) is 9.10. The maximum atomic E-state index is 3.26. The highest BCUT2D eigenvalue weighted by atomic mass is 14.3. The van der Waals surface area contributed by atoms with Gasteiger partial charge >= 0.3 is 0 Å². The Balaban J connectivity index is 2.26. The van der Waals surface area contributed by atoms with Crippen molar-refractivity contribution in [3.05, 3.63) is 83.9 Å². The van der Waals surface area contributed by atoms with Gasteiger partial charge in [0.2, 0.25) is 0 Å². The van der Waals surface area contributed by atoms with Crippen molar-refractivity contribution in [1.29, 1.82) is 0 Å². The normalized spacial score (nSPS) is 12.2. The van der Waals surface area contributed by atoms with Gasteiger partial charge in [0.05, 0.1) is 0 Å². The molecule has 0 aliphatic carbocycles. The van der Waals surface area contributed by atoms with Crippen LogP contribution in [0.2, 0.25) is 0 Å². The Labute approximate surface area is 158 Å². The summed E-state index contributed by atoms with van der Waals surface area (Å²) < 4.78 is 0. The number of hydrogen-bond donors (Lipinski definition) is 0. The molecule has 0 N–H and O–H groups in total. The molecule has 3 aromatic carbocycles. The van der Waals surface area contributed by atoms with Crippen molar-refractivity contribution in [3.63, 3.8) is 0 Å². The Bertz CT molecular complexity index is 887. The Morgan fingerprint density at radius 1 is 0.654 bits per heavy atom. The maximum absolute atomic E-state index is 3.26. The van der Waals surface area contributed by atoms with Crippen LogP contribution in [0.3, 0.4) is 0 Å². The van der Waals surface area contributed by atoms with Crippen molar-refractivity contribution in [1.82, 2.24) is 0 Å². The van der Waals surface area contributed by atoms with Crippen molar-refractivity contribution in [2.75, 3.05) is 0 Å². The Hall–Kier alpha value is -2.34. The van der Waals surface area contributed by atoms with Crippen molar-refractivity contribution in [2.24, 2.45) is 0 Å². The van der Waals surface area contributed by atoms with E-state index in [0.717, 1.165) is 0 Å². The molecular weight excluding hydrogens is 312 g/mol. The first-order valence-electron chi connectivity index (χ1n) is 9.39. The Kier molecular flexibility index (Phi) is 4.80. The molecule has 0 fully saturated rings. The van der Waals surface area contributed by atoms with Gasteiger partial charge in [-0.25, -0.2) is 0 Å². The summed E-state index contributed by atoms with van der Waals surface area (Å²) >= 11 is 0. The first kappa shape index (κ1) is 18.5. The highest BCUT2D eigenvalue weighted by Crippen LogP contribution is 2.40. The highest BCUT2D eigenvalue weighted by molar-refractivity contribution is 5.85. The van der Waals surface area contributed by atoms with Gasteiger partial charge in [0.15, 0.2) is 0 Å². The van der Waals surface area contributed by atoms with Gasteiger partial charge in [-0.3, -0.25) is 0 Å². The lowest BCUT2D eigenvalue weighted by Crippen LogP contribution is -2.17. The molecule has 3 aromatic rings. The largest absolute Gasteiger partial charge is 0.0622 e. The summed E-state index contributed by atoms with van der Waals surface area (Å²) in [7, 11) is 0. The first-order chi connectivity index (χ1) is 12.2. The van der Waals surface area contributed by atoms with Gasteiger partial charge in [0, 0.05) is 0 Å². The van der Waals surface area contributed by atoms with Crippen molar-refractivity contribution < 1.29 is 0 Å². The minimum atomic E-state index is 0.0735. The molecule has 0 aliphatic rings. The number of hydrogen-bond acceptors (Lipinski definition) is 0. The van der Waals surface area contributed by atoms with Crippen LogP contribution in [-0.4, -0.2) is 0 Å². The average Bonchev–Trinajstić information content (AvgIpc) is 2.60. The third-order valence-electron chi connectivity index (χ3n) is 4.93. The molecule has 0 unspecified atom stereocenters. The van der Waals surface area contributed by atoms with E-state index in [1.807, 2.05) is 6.07 Å². The zero-order valence-corrected chi connectivity index (χ0v) is 16.9. The van der Waals surface area contributed by atoms with Gasteiger partial charge in [0.25, 0.3) is 0 Å². The quantitative estimate of drug-likeness (QED) is 0.455. The van der Waals surface area contributed by atoms with E-state index in [4.69, 9.17) is 0 Å². The molecule has 0 saturated carbocycles. The molecule has 0 spiro atoms. The fourth-order valence-electron chi connectivity index (χ4n) is 3.39. The molecular formula is C26H29. The molecule has 0 aromatic heterocycles. The predicted octanol–water partition coefficient (Wildman–Crippen LogP) is 7.42. The van der Waals surface area contributed by atoms with Crippen LogP contribution < -0.4 is 0 Å². The molecule has 0 aliphatic heterocycles. The molecule has 0 saturated heterocycles. The van der Waals surface area contributed by atoms with E-state index in [1.54, 1.807) is 0 Å². The van der Waals surface area contributed by atoms with Gasteiger partial charge in [-0.2, -0.15) is 0 Å². The third-order valence-corrected chi connectivity index (χ3v) is 4.93. The van der Waals surface area contributed by atoms with Crippen LogP contribution in [0, 0.1) is 6.07 Å². The minimum absolute atomic E-state index is 0.0735. The monoisotopic (exact) mass is 341 g/mol. The van der Waals surface area contributed by atoms with Gasteiger partial charge in [-0.05, 0) is 56.3 Å². The van der Waals surface area contributed by atoms with E-state index < -0.39 is 0 Å². The fraction of sp³-hybridized carbons (Fsp3) is 0.308. The SMILES string of the molecule is CC(C)(C)c1ccc(-c2cc[c]cc2-c2ccccc2)c(C(C)(C)C)c1. The molecule has 0 heterocycles. The van der Waals surface area contributed by atoms with Gasteiger partial charge < -0.3 is 0 Å². The summed E-state index contributed by atoms with van der Waals surface area (Å²) in [5, 5.41) is 0. The van der Waals surface area contributed by atoms with Crippen LogP contribution in [0.5, 0.6) is 0 Å². The van der Waals surface area contributed by atoms with E-state index in [0.29, 0.717) is 0 Å². The molecule has 3 rings (SSSR count). The number of rotatable bonds is 2. The molecule has 133 valence electrons. The summed E-state index contributed by atoms with van der Waals surface area (Å²) in [6.07, 6.45) is 0. The standard InChI is InChI=1S/C26H29/c1-25(2,3)20-16-17-23(24(18-20)26(4,5)6)22-15-11-10-14-21(22)19-12-8-7-9-13-19/h7-9,11-18H,1-6H3. The average molecular weight is 342 g/mol. The van der Waals surface area contributed by atoms with Crippen LogP contribution in [0.1, 0.15) is 52.7 Å². The van der Waals surface area contributed by atoms with Crippen LogP contribution >= 0.6 is 0 Å². The first-order valence-corrected chi connectivity index (χ1v) is 9.39. The van der Waals surface area contributed by atoms with E-state index in [1.165, 1.54) is 33.4 Å². The van der Waals surface area contributed by atoms with E-state index >= 15 is 0 Å². The van der Waals surface area contributed by atoms with E-state index in [-0.39, 0.29) is 10.8 Å². The molecule has 0 heteroatoms. The van der Waals surface area contributed by atoms with Gasteiger partial charge in [-0.1, -0.05) is 102 Å². The third kappa shape index (κ3) is 3.75. The maximum Gasteiger partial charge on any atom is -0.00991 e. The lowest BCUT2D eigenvalue weighted by atomic mass is 9.76. The fourth-order valence-corrected chi connectivity index (χ4v) is 3.39. The summed E-state index contributed by atoms with van der Waals surface area (Å²) in [6.45, 7) is 13.7. The van der Waals surface area contributed by atoms with Gasteiger partial charge in [0.1, 0.15) is 0 Å². The molecule has 0 atom stereocenters. The zero-order chi connectivity index (χ0) is 18.9. The van der Waals surface area contributed by atoms with Gasteiger partial charge in [-0.15, -0.1) is 0 Å². The van der Waals surface area contributed by atoms with E-state index in [2.05, 4.69) is 108 Å². The molecule has 1 radical (unpaired) electrons. The molecule has 0 amide bonds. The zero-order valence-electron chi connectivity index (χ0n) is 16.9. The highest BCUT2D eigenvalue weighted by Gasteiger charge is 2.23. The molecule has 0 bridgehead atoms. The topological polar surface area (TPSA) is 0 Å². The summed E-state index contributed by atoms with van der Waals surface area (Å²) in [5.74, 6) is 0. The Morgan fingerprint density at radius 2 is 1.35 bits per heavy atom. The lowest BCUT2D eigenvalue weighted by Gasteiger charge is -2.28. The molecule has 0 nitrogen and oxygen atoms in total. The minimum Gasteiger partial charge on any atom is -0.0622 e. The smallest absolute Gasteiger partial charge is 0.00991 e. The molecule has 26 heavy (non-hydrogen) atoms. The van der Waals surface area contributed by atoms with E-state index in [9.17, 15) is 0 Å². The predicted molar refractivity (Wildman–Crippen MR) is 114 cm³/mol. The summed E-state index contributed by atoms with van der Waals surface area (Å²) in [4.78, 5) is 0. The van der Waals surface area contributed by atoms with Crippen molar-refractivity contribution in [3.8, 4) is 22.3 Å². The number of benzene rings is 3. The van der Waals surface area contributed by atoms with Crippen LogP contribution in [0.15, 0.2) is 66.7 Å². The van der Waals surface area contributed by atoms with Crippen molar-refractivity contribution >= 4 is 0 Å². The van der Waals surface area contributed by atoms with Crippen LogP contribution in [0.4, 0.5) is 0 Å².